The fourth-order valence-corrected chi connectivity index (χ4v) is 4.04. The number of rotatable bonds is 4. The molecule has 4 heteroatoms. The first-order chi connectivity index (χ1) is 10.1. The van der Waals surface area contributed by atoms with Crippen molar-refractivity contribution in [2.45, 2.75) is 38.6 Å². The van der Waals surface area contributed by atoms with Crippen molar-refractivity contribution in [1.29, 1.82) is 0 Å². The van der Waals surface area contributed by atoms with Crippen LogP contribution in [0.2, 0.25) is 0 Å². The topological polar surface area (TPSA) is 28.2 Å². The lowest BCUT2D eigenvalue weighted by Crippen LogP contribution is -2.11. The van der Waals surface area contributed by atoms with Gasteiger partial charge in [-0.15, -0.1) is 11.3 Å². The molecule has 0 spiro atoms. The number of thiophene rings is 1. The molecule has 0 aromatic carbocycles. The zero-order chi connectivity index (χ0) is 14.8. The second kappa shape index (κ2) is 6.06. The summed E-state index contributed by atoms with van der Waals surface area (Å²) in [6, 6.07) is 6.90. The molecule has 112 valence electrons. The first-order valence-corrected chi connectivity index (χ1v) is 8.46. The van der Waals surface area contributed by atoms with Crippen molar-refractivity contribution < 1.29 is 0 Å². The summed E-state index contributed by atoms with van der Waals surface area (Å²) in [6.45, 7) is 2.23. The van der Waals surface area contributed by atoms with Gasteiger partial charge in [0.2, 0.25) is 0 Å². The van der Waals surface area contributed by atoms with Crippen LogP contribution in [0.4, 0.5) is 11.5 Å². The maximum Gasteiger partial charge on any atom is 0.128 e. The Bertz CT molecular complexity index is 577. The Hall–Kier alpha value is -1.55. The normalized spacial score (nSPS) is 15.4. The quantitative estimate of drug-likeness (QED) is 0.914. The monoisotopic (exact) mass is 301 g/mol. The molecular formula is C17H23N3S. The zero-order valence-corrected chi connectivity index (χ0v) is 13.8. The van der Waals surface area contributed by atoms with E-state index < -0.39 is 0 Å². The van der Waals surface area contributed by atoms with Crippen LogP contribution < -0.4 is 10.2 Å². The molecule has 1 aliphatic carbocycles. The average molecular weight is 301 g/mol. The van der Waals surface area contributed by atoms with E-state index in [9.17, 15) is 0 Å². The smallest absolute Gasteiger partial charge is 0.128 e. The first kappa shape index (κ1) is 14.4. The van der Waals surface area contributed by atoms with Gasteiger partial charge in [-0.25, -0.2) is 4.98 Å². The Morgan fingerprint density at radius 2 is 2.05 bits per heavy atom. The Kier molecular flexibility index (Phi) is 4.15. The number of hydrogen-bond acceptors (Lipinski definition) is 4. The van der Waals surface area contributed by atoms with Crippen LogP contribution in [0.15, 0.2) is 24.4 Å². The van der Waals surface area contributed by atoms with Crippen molar-refractivity contribution in [2.75, 3.05) is 24.3 Å². The van der Waals surface area contributed by atoms with E-state index in [1.54, 1.807) is 10.4 Å². The van der Waals surface area contributed by atoms with E-state index in [2.05, 4.69) is 35.4 Å². The van der Waals surface area contributed by atoms with Crippen LogP contribution in [0.5, 0.6) is 0 Å². The van der Waals surface area contributed by atoms with Gasteiger partial charge < -0.3 is 10.2 Å². The third-order valence-electron chi connectivity index (χ3n) is 4.03. The minimum atomic E-state index is 0.340. The Morgan fingerprint density at radius 3 is 2.71 bits per heavy atom. The maximum atomic E-state index is 4.46. The van der Waals surface area contributed by atoms with Crippen LogP contribution in [0, 0.1) is 0 Å². The Morgan fingerprint density at radius 1 is 1.24 bits per heavy atom. The largest absolute Gasteiger partial charge is 0.376 e. The van der Waals surface area contributed by atoms with E-state index in [1.807, 2.05) is 36.5 Å². The van der Waals surface area contributed by atoms with Gasteiger partial charge in [-0.3, -0.25) is 0 Å². The lowest BCUT2D eigenvalue weighted by molar-refractivity contribution is 0.696. The standard InChI is InChI=1S/C17H23N3S/c1-12(16-10-13-6-4-5-7-15(13)21-16)19-14-8-9-17(18-11-14)20(2)3/h8-12,19H,4-7H2,1-3H3. The third kappa shape index (κ3) is 3.21. The Balaban J connectivity index is 1.70. The highest BCUT2D eigenvalue weighted by Crippen LogP contribution is 2.34. The van der Waals surface area contributed by atoms with E-state index >= 15 is 0 Å². The van der Waals surface area contributed by atoms with Gasteiger partial charge >= 0.3 is 0 Å². The van der Waals surface area contributed by atoms with E-state index in [1.165, 1.54) is 30.6 Å². The van der Waals surface area contributed by atoms with Gasteiger partial charge in [-0.2, -0.15) is 0 Å². The van der Waals surface area contributed by atoms with Gasteiger partial charge in [0, 0.05) is 23.8 Å². The summed E-state index contributed by atoms with van der Waals surface area (Å²) in [5.41, 5.74) is 2.66. The molecule has 2 aromatic heterocycles. The first-order valence-electron chi connectivity index (χ1n) is 7.65. The van der Waals surface area contributed by atoms with Crippen molar-refractivity contribution in [2.24, 2.45) is 0 Å². The van der Waals surface area contributed by atoms with Crippen molar-refractivity contribution in [3.05, 3.63) is 39.7 Å². The van der Waals surface area contributed by atoms with Crippen molar-refractivity contribution >= 4 is 22.8 Å². The fourth-order valence-electron chi connectivity index (χ4n) is 2.78. The minimum Gasteiger partial charge on any atom is -0.376 e. The number of pyridine rings is 1. The number of nitrogens with zero attached hydrogens (tertiary/aromatic N) is 2. The summed E-state index contributed by atoms with van der Waals surface area (Å²) in [6.07, 6.45) is 7.15. The lowest BCUT2D eigenvalue weighted by Gasteiger charge is -2.15. The molecule has 0 saturated heterocycles. The number of anilines is 2. The molecule has 3 rings (SSSR count). The predicted molar refractivity (Wildman–Crippen MR) is 91.6 cm³/mol. The van der Waals surface area contributed by atoms with Gasteiger partial charge in [-0.05, 0) is 56.4 Å². The highest BCUT2D eigenvalue weighted by Gasteiger charge is 2.16. The Labute approximate surface area is 131 Å². The van der Waals surface area contributed by atoms with E-state index in [-0.39, 0.29) is 0 Å². The molecule has 1 atom stereocenters. The second-order valence-corrected chi connectivity index (χ2v) is 7.14. The van der Waals surface area contributed by atoms with E-state index in [4.69, 9.17) is 0 Å². The number of fused-ring (bicyclic) bond motifs is 1. The molecule has 2 aromatic rings. The van der Waals surface area contributed by atoms with E-state index in [0.717, 1.165) is 11.5 Å². The summed E-state index contributed by atoms with van der Waals surface area (Å²) in [5.74, 6) is 0.986. The highest BCUT2D eigenvalue weighted by atomic mass is 32.1. The third-order valence-corrected chi connectivity index (χ3v) is 5.45. The second-order valence-electron chi connectivity index (χ2n) is 5.97. The molecule has 0 radical (unpaired) electrons. The van der Waals surface area contributed by atoms with Crippen LogP contribution >= 0.6 is 11.3 Å². The van der Waals surface area contributed by atoms with Crippen LogP contribution in [0.3, 0.4) is 0 Å². The number of aryl methyl sites for hydroxylation is 2. The zero-order valence-electron chi connectivity index (χ0n) is 13.0. The lowest BCUT2D eigenvalue weighted by atomic mass is 9.99. The van der Waals surface area contributed by atoms with Gasteiger partial charge in [0.25, 0.3) is 0 Å². The van der Waals surface area contributed by atoms with Crippen LogP contribution in [0.1, 0.15) is 41.1 Å². The minimum absolute atomic E-state index is 0.340. The van der Waals surface area contributed by atoms with Gasteiger partial charge in [0.05, 0.1) is 17.9 Å². The van der Waals surface area contributed by atoms with E-state index in [0.29, 0.717) is 6.04 Å². The molecular weight excluding hydrogens is 278 g/mol. The average Bonchev–Trinajstić information content (AvgIpc) is 2.92. The molecule has 0 bridgehead atoms. The molecule has 2 heterocycles. The molecule has 1 aliphatic rings. The molecule has 0 amide bonds. The summed E-state index contributed by atoms with van der Waals surface area (Å²) < 4.78 is 0. The summed E-state index contributed by atoms with van der Waals surface area (Å²) in [7, 11) is 4.02. The van der Waals surface area contributed by atoms with Crippen LogP contribution in [-0.4, -0.2) is 19.1 Å². The van der Waals surface area contributed by atoms with Gasteiger partial charge in [0.15, 0.2) is 0 Å². The highest BCUT2D eigenvalue weighted by molar-refractivity contribution is 7.12. The number of hydrogen-bond donors (Lipinski definition) is 1. The molecule has 1 N–H and O–H groups in total. The van der Waals surface area contributed by atoms with Crippen LogP contribution in [0.25, 0.3) is 0 Å². The van der Waals surface area contributed by atoms with Crippen molar-refractivity contribution in [3.8, 4) is 0 Å². The maximum absolute atomic E-state index is 4.46. The van der Waals surface area contributed by atoms with Crippen LogP contribution in [-0.2, 0) is 12.8 Å². The number of nitrogens with one attached hydrogen (secondary N) is 1. The molecule has 1 unspecified atom stereocenters. The fraction of sp³-hybridized carbons (Fsp3) is 0.471. The predicted octanol–water partition coefficient (Wildman–Crippen LogP) is 4.26. The van der Waals surface area contributed by atoms with Crippen molar-refractivity contribution in [1.82, 2.24) is 4.98 Å². The summed E-state index contributed by atoms with van der Waals surface area (Å²) in [5, 5.41) is 3.56. The molecule has 3 nitrogen and oxygen atoms in total. The SMILES string of the molecule is CC(Nc1ccc(N(C)C)nc1)c1cc2c(s1)CCCC2. The number of aromatic nitrogens is 1. The molecule has 0 aliphatic heterocycles. The summed E-state index contributed by atoms with van der Waals surface area (Å²) >= 11 is 1.98. The summed E-state index contributed by atoms with van der Waals surface area (Å²) in [4.78, 5) is 9.52. The molecule has 0 saturated carbocycles. The van der Waals surface area contributed by atoms with Gasteiger partial charge in [-0.1, -0.05) is 0 Å². The molecule has 0 fully saturated rings. The van der Waals surface area contributed by atoms with Crippen molar-refractivity contribution in [3.63, 3.8) is 0 Å². The molecule has 21 heavy (non-hydrogen) atoms. The van der Waals surface area contributed by atoms with Gasteiger partial charge in [0.1, 0.15) is 5.82 Å².